The van der Waals surface area contributed by atoms with Crippen LogP contribution in [0.25, 0.3) is 0 Å². The molecule has 1 aromatic rings. The largest absolute Gasteiger partial charge is 0.481 e. The molecule has 4 N–H and O–H groups in total. The number of aromatic nitrogens is 2. The summed E-state index contributed by atoms with van der Waals surface area (Å²) in [5.74, 6) is -1.81. The molecular weight excluding hydrogens is 411 g/mol. The minimum absolute atomic E-state index is 0.0547. The number of aliphatic imine (C=N–C) groups is 1. The minimum Gasteiger partial charge on any atom is -0.481 e. The van der Waals surface area contributed by atoms with Crippen molar-refractivity contribution in [3.63, 3.8) is 0 Å². The summed E-state index contributed by atoms with van der Waals surface area (Å²) in [6.07, 6.45) is 8.69. The van der Waals surface area contributed by atoms with Gasteiger partial charge in [0, 0.05) is 24.0 Å². The molecule has 2 atom stereocenters. The smallest absolute Gasteiger partial charge is 0.308 e. The molecule has 1 aromatic heterocycles. The van der Waals surface area contributed by atoms with Crippen LogP contribution in [-0.4, -0.2) is 39.5 Å². The molecule has 3 saturated carbocycles. The van der Waals surface area contributed by atoms with Crippen molar-refractivity contribution >= 4 is 41.8 Å². The van der Waals surface area contributed by atoms with Crippen LogP contribution in [0.3, 0.4) is 0 Å². The van der Waals surface area contributed by atoms with Crippen LogP contribution in [0.4, 0.5) is 16.2 Å². The maximum Gasteiger partial charge on any atom is 0.308 e. The molecule has 3 fully saturated rings. The summed E-state index contributed by atoms with van der Waals surface area (Å²) in [6, 6.07) is -0.383. The quantitative estimate of drug-likeness (QED) is 0.361. The van der Waals surface area contributed by atoms with Crippen LogP contribution >= 0.6 is 11.6 Å². The van der Waals surface area contributed by atoms with E-state index < -0.39 is 17.7 Å². The fraction of sp³-hybridized carbons (Fsp3) is 0.450. The molecule has 0 amide bonds. The molecule has 0 unspecified atom stereocenters. The molecule has 3 aliphatic carbocycles. The Morgan fingerprint density at radius 1 is 1.37 bits per heavy atom. The van der Waals surface area contributed by atoms with Crippen LogP contribution in [0.5, 0.6) is 0 Å². The van der Waals surface area contributed by atoms with Crippen LogP contribution < -0.4 is 10.6 Å². The third kappa shape index (κ3) is 4.67. The Morgan fingerprint density at radius 3 is 2.67 bits per heavy atom. The van der Waals surface area contributed by atoms with Gasteiger partial charge in [-0.15, -0.1) is 0 Å². The fourth-order valence-corrected chi connectivity index (χ4v) is 4.52. The van der Waals surface area contributed by atoms with Crippen molar-refractivity contribution < 1.29 is 14.3 Å². The van der Waals surface area contributed by atoms with Gasteiger partial charge in [-0.3, -0.25) is 9.79 Å². The summed E-state index contributed by atoms with van der Waals surface area (Å²) in [7, 11) is 0. The molecule has 0 radical (unpaired) electrons. The number of aliphatic carboxylic acids is 1. The first kappa shape index (κ1) is 21.9. The van der Waals surface area contributed by atoms with E-state index in [-0.39, 0.29) is 35.3 Å². The topological polar surface area (TPSA) is 123 Å². The van der Waals surface area contributed by atoms with Crippen LogP contribution in [0.2, 0.25) is 0 Å². The molecular formula is C20H24ClFN6O2. The number of anilines is 2. The maximum absolute atomic E-state index is 14.5. The van der Waals surface area contributed by atoms with E-state index in [0.29, 0.717) is 5.70 Å². The van der Waals surface area contributed by atoms with E-state index in [1.54, 1.807) is 6.92 Å². The summed E-state index contributed by atoms with van der Waals surface area (Å²) < 4.78 is 14.5. The summed E-state index contributed by atoms with van der Waals surface area (Å²) in [5.41, 5.74) is 1.89. The van der Waals surface area contributed by atoms with Crippen molar-refractivity contribution in [2.24, 2.45) is 22.7 Å². The van der Waals surface area contributed by atoms with E-state index in [0.717, 1.165) is 38.1 Å². The van der Waals surface area contributed by atoms with E-state index in [2.05, 4.69) is 25.6 Å². The SMILES string of the molecule is C\C=N/C(C=N)=C(\C=C\Cl)Nc1ncc(F)c(N[C@H]2C3CCC(CC3)[C@@H]2C(=O)O)n1. The number of hydrogen-bond acceptors (Lipinski definition) is 7. The Kier molecular flexibility index (Phi) is 7.15. The van der Waals surface area contributed by atoms with Gasteiger partial charge in [-0.25, -0.2) is 9.37 Å². The average Bonchev–Trinajstić information content (AvgIpc) is 2.74. The molecule has 160 valence electrons. The van der Waals surface area contributed by atoms with Crippen LogP contribution in [-0.2, 0) is 4.79 Å². The zero-order valence-electron chi connectivity index (χ0n) is 16.5. The highest BCUT2D eigenvalue weighted by atomic mass is 35.5. The predicted molar refractivity (Wildman–Crippen MR) is 115 cm³/mol. The highest BCUT2D eigenvalue weighted by molar-refractivity contribution is 6.25. The Morgan fingerprint density at radius 2 is 2.07 bits per heavy atom. The number of rotatable bonds is 8. The lowest BCUT2D eigenvalue weighted by Crippen LogP contribution is -2.51. The molecule has 2 bridgehead atoms. The lowest BCUT2D eigenvalue weighted by atomic mass is 9.61. The van der Waals surface area contributed by atoms with Gasteiger partial charge in [0.05, 0.1) is 17.8 Å². The minimum atomic E-state index is -0.861. The first-order valence-electron chi connectivity index (χ1n) is 9.77. The van der Waals surface area contributed by atoms with Crippen LogP contribution in [0, 0.1) is 29.0 Å². The number of allylic oxidation sites excluding steroid dienone is 2. The monoisotopic (exact) mass is 434 g/mol. The van der Waals surface area contributed by atoms with E-state index in [4.69, 9.17) is 17.0 Å². The number of carboxylic acid groups (broad SMARTS) is 1. The van der Waals surface area contributed by atoms with Crippen molar-refractivity contribution in [1.29, 1.82) is 5.41 Å². The lowest BCUT2D eigenvalue weighted by molar-refractivity contribution is -0.148. The van der Waals surface area contributed by atoms with Crippen LogP contribution in [0.1, 0.15) is 32.6 Å². The van der Waals surface area contributed by atoms with Gasteiger partial charge in [0.25, 0.3) is 0 Å². The highest BCUT2D eigenvalue weighted by Gasteiger charge is 2.47. The summed E-state index contributed by atoms with van der Waals surface area (Å²) in [6.45, 7) is 1.71. The Balaban J connectivity index is 1.88. The molecule has 1 heterocycles. The first-order chi connectivity index (χ1) is 14.5. The van der Waals surface area contributed by atoms with E-state index in [9.17, 15) is 14.3 Å². The number of nitrogens with one attached hydrogen (secondary N) is 3. The second-order valence-corrected chi connectivity index (χ2v) is 7.60. The fourth-order valence-electron chi connectivity index (χ4n) is 4.40. The lowest BCUT2D eigenvalue weighted by Gasteiger charge is -2.47. The number of carboxylic acids is 1. The van der Waals surface area contributed by atoms with Gasteiger partial charge in [-0.1, -0.05) is 11.6 Å². The Labute approximate surface area is 178 Å². The molecule has 10 heteroatoms. The van der Waals surface area contributed by atoms with Crippen molar-refractivity contribution in [2.75, 3.05) is 10.6 Å². The number of hydrogen-bond donors (Lipinski definition) is 4. The van der Waals surface area contributed by atoms with Gasteiger partial charge in [0.15, 0.2) is 11.6 Å². The number of nitrogens with zero attached hydrogens (tertiary/aromatic N) is 3. The molecule has 30 heavy (non-hydrogen) atoms. The number of fused-ring (bicyclic) bond motifs is 3. The normalized spacial score (nSPS) is 26.6. The third-order valence-electron chi connectivity index (χ3n) is 5.71. The van der Waals surface area contributed by atoms with Gasteiger partial charge in [0.2, 0.25) is 5.95 Å². The molecule has 4 rings (SSSR count). The summed E-state index contributed by atoms with van der Waals surface area (Å²) >= 11 is 5.68. The molecule has 8 nitrogen and oxygen atoms in total. The number of carbonyl (C=O) groups is 1. The second kappa shape index (κ2) is 9.80. The van der Waals surface area contributed by atoms with Gasteiger partial charge >= 0.3 is 5.97 Å². The van der Waals surface area contributed by atoms with Crippen molar-refractivity contribution in [1.82, 2.24) is 9.97 Å². The van der Waals surface area contributed by atoms with E-state index in [1.165, 1.54) is 17.8 Å². The van der Waals surface area contributed by atoms with E-state index >= 15 is 0 Å². The van der Waals surface area contributed by atoms with Gasteiger partial charge in [-0.2, -0.15) is 4.98 Å². The van der Waals surface area contributed by atoms with Gasteiger partial charge in [-0.05, 0) is 50.5 Å². The van der Waals surface area contributed by atoms with Crippen molar-refractivity contribution in [3.05, 3.63) is 35.0 Å². The van der Waals surface area contributed by atoms with E-state index in [1.807, 2.05) is 0 Å². The molecule has 0 aliphatic heterocycles. The van der Waals surface area contributed by atoms with Gasteiger partial charge in [0.1, 0.15) is 5.70 Å². The maximum atomic E-state index is 14.5. The molecule has 3 aliphatic rings. The summed E-state index contributed by atoms with van der Waals surface area (Å²) in [4.78, 5) is 24.1. The zero-order chi connectivity index (χ0) is 21.7. The first-order valence-corrected chi connectivity index (χ1v) is 10.2. The van der Waals surface area contributed by atoms with Gasteiger partial charge < -0.3 is 21.1 Å². The average molecular weight is 435 g/mol. The predicted octanol–water partition coefficient (Wildman–Crippen LogP) is 4.03. The van der Waals surface area contributed by atoms with Crippen molar-refractivity contribution in [2.45, 2.75) is 38.6 Å². The standard InChI is InChI=1S/C20H24ClFN6O2/c1-2-24-15(9-23)14(7-8-21)26-20-25-10-13(22)18(28-20)27-17-12-5-3-11(4-6-12)16(17)19(29)30/h2,7-12,16-17,23H,3-6H2,1H3,(H,29,30)(H2,25,26,27,28)/b8-7+,15-14+,23-9?,24-2-/t11?,12?,16-,17-/m0/s1. The Bertz CT molecular complexity index is 895. The van der Waals surface area contributed by atoms with Crippen molar-refractivity contribution in [3.8, 4) is 0 Å². The second-order valence-electron chi connectivity index (χ2n) is 7.35. The highest BCUT2D eigenvalue weighted by Crippen LogP contribution is 2.46. The van der Waals surface area contributed by atoms with Crippen LogP contribution in [0.15, 0.2) is 34.2 Å². The zero-order valence-corrected chi connectivity index (χ0v) is 17.2. The summed E-state index contributed by atoms with van der Waals surface area (Å²) in [5, 5.41) is 23.2. The third-order valence-corrected chi connectivity index (χ3v) is 5.83. The molecule has 0 saturated heterocycles. The number of halogens is 2. The molecule has 0 spiro atoms. The Hall–Kier alpha value is -2.81. The molecule has 0 aromatic carbocycles.